The lowest BCUT2D eigenvalue weighted by atomic mass is 10.1. The first-order valence-corrected chi connectivity index (χ1v) is 11.6. The molecule has 4 rings (SSSR count). The molecule has 172 valence electrons. The van der Waals surface area contributed by atoms with Crippen LogP contribution in [0, 0.1) is 0 Å². The Balaban J connectivity index is 1.55. The van der Waals surface area contributed by atoms with Gasteiger partial charge in [0.15, 0.2) is 0 Å². The van der Waals surface area contributed by atoms with E-state index < -0.39 is 11.9 Å². The number of nitrogens with two attached hydrogens (primary N) is 1. The highest BCUT2D eigenvalue weighted by Crippen LogP contribution is 2.34. The summed E-state index contributed by atoms with van der Waals surface area (Å²) >= 11 is 7.31. The fourth-order valence-corrected chi connectivity index (χ4v) is 4.89. The van der Waals surface area contributed by atoms with Crippen LogP contribution in [0.3, 0.4) is 0 Å². The van der Waals surface area contributed by atoms with Gasteiger partial charge in [-0.3, -0.25) is 14.4 Å². The second-order valence-electron chi connectivity index (χ2n) is 7.88. The van der Waals surface area contributed by atoms with E-state index in [1.807, 2.05) is 6.07 Å². The molecule has 11 heteroatoms. The van der Waals surface area contributed by atoms with Gasteiger partial charge in [0.25, 0.3) is 11.8 Å². The third kappa shape index (κ3) is 4.82. The molecule has 9 nitrogen and oxygen atoms in total. The lowest BCUT2D eigenvalue weighted by Crippen LogP contribution is -2.43. The highest BCUT2D eigenvalue weighted by Gasteiger charge is 2.37. The lowest BCUT2D eigenvalue weighted by Gasteiger charge is -2.22. The van der Waals surface area contributed by atoms with Gasteiger partial charge in [0.05, 0.1) is 11.6 Å². The van der Waals surface area contributed by atoms with E-state index >= 15 is 0 Å². The van der Waals surface area contributed by atoms with Gasteiger partial charge in [-0.25, -0.2) is 9.97 Å². The van der Waals surface area contributed by atoms with Crippen molar-refractivity contribution >= 4 is 51.6 Å². The van der Waals surface area contributed by atoms with Crippen LogP contribution in [0.1, 0.15) is 45.4 Å². The fraction of sp³-hybridized carbons (Fsp3) is 0.318. The second kappa shape index (κ2) is 9.42. The maximum Gasteiger partial charge on any atom is 0.273 e. The van der Waals surface area contributed by atoms with Crippen LogP contribution in [0.5, 0.6) is 0 Å². The summed E-state index contributed by atoms with van der Waals surface area (Å²) in [5.74, 6) is -1.01. The molecular weight excluding hydrogens is 464 g/mol. The molecule has 2 aromatic heterocycles. The Bertz CT molecular complexity index is 1230. The number of carbonyl (C=O) groups is 3. The number of amides is 3. The molecule has 0 saturated carbocycles. The van der Waals surface area contributed by atoms with Crippen molar-refractivity contribution in [2.45, 2.75) is 31.5 Å². The summed E-state index contributed by atoms with van der Waals surface area (Å²) in [5, 5.41) is 8.76. The van der Waals surface area contributed by atoms with Gasteiger partial charge in [-0.2, -0.15) is 0 Å². The predicted octanol–water partition coefficient (Wildman–Crippen LogP) is 2.12. The van der Waals surface area contributed by atoms with Crippen LogP contribution in [0.15, 0.2) is 35.7 Å². The van der Waals surface area contributed by atoms with E-state index in [4.69, 9.17) is 17.3 Å². The quantitative estimate of drug-likeness (QED) is 0.506. The average Bonchev–Trinajstić information content (AvgIpc) is 3.44. The first-order valence-electron chi connectivity index (χ1n) is 10.4. The summed E-state index contributed by atoms with van der Waals surface area (Å²) in [7, 11) is 1.50. The van der Waals surface area contributed by atoms with Gasteiger partial charge >= 0.3 is 0 Å². The standard InChI is InChI=1S/C22H23ClN6O3S/c1-11(19(30)25-2)26-20(31)17-10-33-21(28-17)18-8-14(24)9-29(18)22(32)16-5-3-12-7-13(23)4-6-15(12)27-16/h3-7,10-11,14,18H,8-9,24H2,1-2H3,(H,25,30)(H,26,31)/t11?,14-,18+/m1/s1. The van der Waals surface area contributed by atoms with E-state index in [2.05, 4.69) is 20.6 Å². The molecule has 1 aromatic carbocycles. The monoisotopic (exact) mass is 486 g/mol. The summed E-state index contributed by atoms with van der Waals surface area (Å²) in [6.45, 7) is 1.95. The maximum absolute atomic E-state index is 13.3. The predicted molar refractivity (Wildman–Crippen MR) is 126 cm³/mol. The third-order valence-electron chi connectivity index (χ3n) is 5.49. The molecule has 0 spiro atoms. The number of hydrogen-bond donors (Lipinski definition) is 3. The first kappa shape index (κ1) is 23.1. The number of rotatable bonds is 5. The van der Waals surface area contributed by atoms with E-state index in [-0.39, 0.29) is 29.6 Å². The number of benzene rings is 1. The number of nitrogens with zero attached hydrogens (tertiary/aromatic N) is 3. The highest BCUT2D eigenvalue weighted by atomic mass is 35.5. The van der Waals surface area contributed by atoms with E-state index in [0.29, 0.717) is 34.2 Å². The minimum atomic E-state index is -0.695. The van der Waals surface area contributed by atoms with Gasteiger partial charge in [0, 0.05) is 35.4 Å². The van der Waals surface area contributed by atoms with E-state index in [9.17, 15) is 14.4 Å². The number of hydrogen-bond acceptors (Lipinski definition) is 7. The summed E-state index contributed by atoms with van der Waals surface area (Å²) in [6, 6.07) is 7.50. The Morgan fingerprint density at radius 3 is 2.76 bits per heavy atom. The first-order chi connectivity index (χ1) is 15.8. The van der Waals surface area contributed by atoms with Crippen molar-refractivity contribution in [2.75, 3.05) is 13.6 Å². The number of likely N-dealkylation sites (N-methyl/N-ethyl adjacent to an activating group) is 1. The summed E-state index contributed by atoms with van der Waals surface area (Å²) in [4.78, 5) is 48.1. The number of aromatic nitrogens is 2. The number of nitrogens with one attached hydrogen (secondary N) is 2. The van der Waals surface area contributed by atoms with Gasteiger partial charge in [0.2, 0.25) is 5.91 Å². The van der Waals surface area contributed by atoms with Gasteiger partial charge in [-0.15, -0.1) is 11.3 Å². The molecule has 1 unspecified atom stereocenters. The zero-order chi connectivity index (χ0) is 23.7. The summed E-state index contributed by atoms with van der Waals surface area (Å²) < 4.78 is 0. The number of halogens is 1. The van der Waals surface area contributed by atoms with Crippen molar-refractivity contribution in [1.82, 2.24) is 25.5 Å². The molecule has 1 aliphatic heterocycles. The van der Waals surface area contributed by atoms with Gasteiger partial charge < -0.3 is 21.3 Å². The van der Waals surface area contributed by atoms with Gasteiger partial charge in [-0.1, -0.05) is 17.7 Å². The number of fused-ring (bicyclic) bond motifs is 1. The summed E-state index contributed by atoms with van der Waals surface area (Å²) in [6.07, 6.45) is 0.526. The van der Waals surface area contributed by atoms with Gasteiger partial charge in [0.1, 0.15) is 22.4 Å². The van der Waals surface area contributed by atoms with Crippen molar-refractivity contribution in [3.05, 3.63) is 57.1 Å². The normalized spacial score (nSPS) is 18.8. The van der Waals surface area contributed by atoms with Crippen LogP contribution in [-0.4, -0.2) is 58.3 Å². The fourth-order valence-electron chi connectivity index (χ4n) is 3.79. The molecule has 33 heavy (non-hydrogen) atoms. The summed E-state index contributed by atoms with van der Waals surface area (Å²) in [5.41, 5.74) is 7.35. The van der Waals surface area contributed by atoms with E-state index in [1.165, 1.54) is 18.4 Å². The molecule has 3 heterocycles. The van der Waals surface area contributed by atoms with E-state index in [0.717, 1.165) is 5.39 Å². The molecule has 3 aromatic rings. The van der Waals surface area contributed by atoms with Crippen LogP contribution in [0.4, 0.5) is 0 Å². The average molecular weight is 487 g/mol. The van der Waals surface area contributed by atoms with Crippen LogP contribution in [-0.2, 0) is 4.79 Å². The van der Waals surface area contributed by atoms with Crippen molar-refractivity contribution in [1.29, 1.82) is 0 Å². The van der Waals surface area contributed by atoms with Crippen LogP contribution in [0.25, 0.3) is 10.9 Å². The lowest BCUT2D eigenvalue weighted by molar-refractivity contribution is -0.122. The molecule has 4 N–H and O–H groups in total. The molecule has 3 amide bonds. The molecule has 3 atom stereocenters. The van der Waals surface area contributed by atoms with Crippen LogP contribution in [0.2, 0.25) is 5.02 Å². The van der Waals surface area contributed by atoms with Gasteiger partial charge in [-0.05, 0) is 37.6 Å². The largest absolute Gasteiger partial charge is 0.357 e. The van der Waals surface area contributed by atoms with Crippen molar-refractivity contribution in [3.63, 3.8) is 0 Å². The molecule has 1 aliphatic rings. The van der Waals surface area contributed by atoms with Crippen LogP contribution < -0.4 is 16.4 Å². The molecule has 0 bridgehead atoms. The third-order valence-corrected chi connectivity index (χ3v) is 6.67. The topological polar surface area (TPSA) is 130 Å². The smallest absolute Gasteiger partial charge is 0.273 e. The molecule has 1 saturated heterocycles. The van der Waals surface area contributed by atoms with Crippen molar-refractivity contribution in [3.8, 4) is 0 Å². The van der Waals surface area contributed by atoms with Crippen molar-refractivity contribution < 1.29 is 14.4 Å². The molecule has 1 fully saturated rings. The number of pyridine rings is 1. The zero-order valence-electron chi connectivity index (χ0n) is 18.0. The van der Waals surface area contributed by atoms with Crippen LogP contribution >= 0.6 is 22.9 Å². The SMILES string of the molecule is CNC(=O)C(C)NC(=O)c1csc([C@@H]2C[C@@H](N)CN2C(=O)c2ccc3cc(Cl)ccc3n2)n1. The Morgan fingerprint density at radius 2 is 2.00 bits per heavy atom. The molecule has 0 aliphatic carbocycles. The van der Waals surface area contributed by atoms with Crippen molar-refractivity contribution in [2.24, 2.45) is 5.73 Å². The minimum Gasteiger partial charge on any atom is -0.357 e. The Labute approximate surface area is 199 Å². The Kier molecular flexibility index (Phi) is 6.59. The highest BCUT2D eigenvalue weighted by molar-refractivity contribution is 7.09. The zero-order valence-corrected chi connectivity index (χ0v) is 19.6. The minimum absolute atomic E-state index is 0.194. The van der Waals surface area contributed by atoms with E-state index in [1.54, 1.807) is 41.5 Å². The number of carbonyl (C=O) groups excluding carboxylic acids is 3. The maximum atomic E-state index is 13.3. The Morgan fingerprint density at radius 1 is 1.21 bits per heavy atom. The Hall–Kier alpha value is -3.08. The molecular formula is C22H23ClN6O3S. The number of thiazole rings is 1. The number of likely N-dealkylation sites (tertiary alicyclic amines) is 1. The molecule has 0 radical (unpaired) electrons. The second-order valence-corrected chi connectivity index (χ2v) is 9.21.